The van der Waals surface area contributed by atoms with Crippen LogP contribution in [-0.2, 0) is 19.2 Å². The van der Waals surface area contributed by atoms with Gasteiger partial charge in [0.05, 0.1) is 41.4 Å². The number of allylic oxidation sites excluding steroid dienone is 1. The number of nitrogens with one attached hydrogen (secondary N) is 6. The zero-order valence-electron chi connectivity index (χ0n) is 54.7. The highest BCUT2D eigenvalue weighted by atomic mass is 16.2. The number of rotatable bonds is 10. The Balaban J connectivity index is 0.000000236. The number of para-hydroxylation sites is 1. The number of pyridine rings is 1. The number of imidazole rings is 3. The average molecular weight is 1250 g/mol. The Labute approximate surface area is 534 Å². The fraction of sp³-hybridized carbons (Fsp3) is 0.368. The number of amides is 5. The summed E-state index contributed by atoms with van der Waals surface area (Å²) in [4.78, 5) is 105. The van der Waals surface area contributed by atoms with Gasteiger partial charge in [-0.25, -0.2) is 19.9 Å². The number of Topliss-reactive ketones (excluding diaryl/α,β-unsaturated/α-hetero) is 1. The molecule has 6 aromatic rings. The van der Waals surface area contributed by atoms with Crippen LogP contribution in [0.2, 0.25) is 0 Å². The summed E-state index contributed by atoms with van der Waals surface area (Å²) < 4.78 is 6.01. The first-order chi connectivity index (χ1) is 42.4. The number of nitrogens with zero attached hydrogens (tertiary/aromatic N) is 10. The van der Waals surface area contributed by atoms with Crippen molar-refractivity contribution >= 4 is 80.8 Å². The summed E-state index contributed by atoms with van der Waals surface area (Å²) in [6.45, 7) is 42.8. The van der Waals surface area contributed by atoms with Crippen molar-refractivity contribution in [3.8, 4) is 0 Å². The first-order valence-electron chi connectivity index (χ1n) is 29.8. The lowest BCUT2D eigenvalue weighted by Crippen LogP contribution is -2.40. The molecular weight excluding hydrogens is 1150 g/mol. The number of H-pyrrole nitrogens is 1. The highest BCUT2D eigenvalue weighted by molar-refractivity contribution is 6.08. The standard InChI is InChI=1S/C17H17N3O.C13H18N4O2.C10H15N3O.C10H12N2O.C9H14N2O.C8H12N2O.CH4/c1-12(2)20-11-18-16-14(9-6-10-15(16)20)19-17(21)13-7-4-3-5-8-13;1-7(2)12(18)15-10-5-9-11(13(19)16-10)14-6-17(9)8(3)4;1-7(2)13-6-5-10(11-8(13)3)12-9(4)14;1-7(2)12-6-11-10-8(12)4-3-5-9(10)13;1-6(2)11-5-7(3)9(12)10-8(11)4;1-6(2)10-5-4-8(11)9-7(10)3;/h3-12H,1-2H3,(H,19,21);5-8H,1-4H3,(H2,15,16,18,19);5-7H,3H2,1-2,4H3,(H,11,12,14);3-4,6-7H,5H2,1-2H3;5-6H,4H2,1-3H3,(H,10,12);4-6H,3H2,1-2H3,(H,9,11);1H4. The monoisotopic (exact) mass is 1240 g/mol. The molecule has 23 heteroatoms. The Morgan fingerprint density at radius 2 is 1.18 bits per heavy atom. The van der Waals surface area contributed by atoms with Crippen molar-refractivity contribution in [2.75, 3.05) is 10.6 Å². The third-order valence-electron chi connectivity index (χ3n) is 13.7. The predicted octanol–water partition coefficient (Wildman–Crippen LogP) is 11.7. The second-order valence-electron chi connectivity index (χ2n) is 23.3. The number of carbonyl (C=O) groups is 6. The maximum atomic E-state index is 12.3. The van der Waals surface area contributed by atoms with Crippen LogP contribution in [0.4, 0.5) is 11.5 Å². The van der Waals surface area contributed by atoms with Crippen molar-refractivity contribution in [2.45, 2.75) is 161 Å². The van der Waals surface area contributed by atoms with E-state index in [1.54, 1.807) is 63.9 Å². The Bertz CT molecular complexity index is 3830. The van der Waals surface area contributed by atoms with Crippen molar-refractivity contribution < 1.29 is 28.8 Å². The highest BCUT2D eigenvalue weighted by Gasteiger charge is 2.22. The van der Waals surface area contributed by atoms with Crippen molar-refractivity contribution in [2.24, 2.45) is 10.9 Å². The van der Waals surface area contributed by atoms with E-state index in [0.717, 1.165) is 33.5 Å². The van der Waals surface area contributed by atoms with Crippen LogP contribution in [0.25, 0.3) is 28.1 Å². The molecule has 5 amide bonds. The third-order valence-corrected chi connectivity index (χ3v) is 13.7. The quantitative estimate of drug-likeness (QED) is 0.0746. The van der Waals surface area contributed by atoms with Gasteiger partial charge < -0.3 is 60.0 Å². The summed E-state index contributed by atoms with van der Waals surface area (Å²) in [6, 6.07) is 18.6. The molecule has 10 rings (SSSR count). The van der Waals surface area contributed by atoms with Gasteiger partial charge in [-0.05, 0) is 126 Å². The summed E-state index contributed by atoms with van der Waals surface area (Å²) in [5.41, 5.74) is 6.31. The highest BCUT2D eigenvalue weighted by Crippen LogP contribution is 2.26. The number of anilines is 2. The number of hydrogen-bond donors (Lipinski definition) is 6. The van der Waals surface area contributed by atoms with E-state index in [-0.39, 0.29) is 60.3 Å². The molecule has 0 atom stereocenters. The smallest absolute Gasteiger partial charge is 0.277 e. The SMILES string of the molecule is C.C=C1N=C(NC(C)=O)C=CN1C(C)C.C=C1NC(=O)C(C)=CN1C(C)C.C=C1NC(=O)C=CN1C(C)C.CC(C)C(=O)Nc1cc2c(ncn2C(C)C)c(=O)[nH]1.CC(C)n1cnc2c(NC(=O)c3ccccc3)cccc21.CC(C)n1cnc2c1C=CCC2=O. The Hall–Kier alpha value is -10.2. The van der Waals surface area contributed by atoms with Crippen molar-refractivity contribution in [1.29, 1.82) is 0 Å². The van der Waals surface area contributed by atoms with Gasteiger partial charge >= 0.3 is 0 Å². The minimum Gasteiger partial charge on any atom is -0.332 e. The van der Waals surface area contributed by atoms with Gasteiger partial charge in [0.1, 0.15) is 40.3 Å². The Kier molecular flexibility index (Phi) is 26.9. The van der Waals surface area contributed by atoms with Crippen LogP contribution >= 0.6 is 0 Å². The molecule has 91 heavy (non-hydrogen) atoms. The predicted molar refractivity (Wildman–Crippen MR) is 364 cm³/mol. The third kappa shape index (κ3) is 20.2. The van der Waals surface area contributed by atoms with E-state index in [9.17, 15) is 33.6 Å². The number of aliphatic imine (C=N–C) groups is 1. The normalized spacial score (nSPS) is 14.0. The molecule has 0 saturated carbocycles. The molecule has 3 aliphatic heterocycles. The molecule has 23 nitrogen and oxygen atoms in total. The van der Waals surface area contributed by atoms with Gasteiger partial charge in [-0.3, -0.25) is 33.6 Å². The van der Waals surface area contributed by atoms with E-state index in [1.165, 1.54) is 13.0 Å². The molecule has 0 spiro atoms. The molecule has 7 heterocycles. The van der Waals surface area contributed by atoms with E-state index >= 15 is 0 Å². The lowest BCUT2D eigenvalue weighted by molar-refractivity contribution is -0.119. The summed E-state index contributed by atoms with van der Waals surface area (Å²) >= 11 is 0. The van der Waals surface area contributed by atoms with Crippen molar-refractivity contribution in [1.82, 2.24) is 64.3 Å². The van der Waals surface area contributed by atoms with Crippen LogP contribution in [0.3, 0.4) is 0 Å². The van der Waals surface area contributed by atoms with Gasteiger partial charge in [0.25, 0.3) is 23.3 Å². The van der Waals surface area contributed by atoms with E-state index < -0.39 is 0 Å². The van der Waals surface area contributed by atoms with E-state index in [4.69, 9.17) is 0 Å². The zero-order valence-corrected chi connectivity index (χ0v) is 54.7. The molecule has 0 fully saturated rings. The molecule has 6 N–H and O–H groups in total. The number of amidine groups is 1. The first kappa shape index (κ1) is 73.3. The molecule has 0 bridgehead atoms. The summed E-state index contributed by atoms with van der Waals surface area (Å²) in [6.07, 6.45) is 18.2. The molecule has 2 aromatic carbocycles. The van der Waals surface area contributed by atoms with Crippen LogP contribution in [0.1, 0.15) is 169 Å². The number of benzene rings is 2. The molecule has 0 unspecified atom stereocenters. The van der Waals surface area contributed by atoms with Crippen molar-refractivity contribution in [3.05, 3.63) is 180 Å². The van der Waals surface area contributed by atoms with Gasteiger partial charge in [0, 0.05) is 97.4 Å². The number of hydrogen-bond acceptors (Lipinski definition) is 14. The summed E-state index contributed by atoms with van der Waals surface area (Å²) in [5, 5.41) is 13.5. The molecule has 1 aliphatic carbocycles. The van der Waals surface area contributed by atoms with Crippen LogP contribution < -0.4 is 32.1 Å². The molecule has 0 saturated heterocycles. The van der Waals surface area contributed by atoms with Crippen LogP contribution in [-0.4, -0.2) is 108 Å². The van der Waals surface area contributed by atoms with Crippen molar-refractivity contribution in [3.63, 3.8) is 0 Å². The van der Waals surface area contributed by atoms with Gasteiger partial charge in [-0.15, -0.1) is 0 Å². The summed E-state index contributed by atoms with van der Waals surface area (Å²) in [7, 11) is 0. The largest absolute Gasteiger partial charge is 0.332 e. The molecular formula is C68H92N16O7. The maximum absolute atomic E-state index is 12.3. The fourth-order valence-electron chi connectivity index (χ4n) is 8.95. The molecule has 4 aromatic heterocycles. The number of fused-ring (bicyclic) bond motifs is 3. The minimum atomic E-state index is -0.295. The zero-order chi connectivity index (χ0) is 66.8. The minimum absolute atomic E-state index is 0. The van der Waals surface area contributed by atoms with Crippen LogP contribution in [0.15, 0.2) is 163 Å². The van der Waals surface area contributed by atoms with Gasteiger partial charge in [0.2, 0.25) is 11.8 Å². The van der Waals surface area contributed by atoms with E-state index in [0.29, 0.717) is 82.5 Å². The average Bonchev–Trinajstić information content (AvgIpc) is 1.78. The maximum Gasteiger partial charge on any atom is 0.277 e. The number of carbonyl (C=O) groups excluding carboxylic acids is 6. The fourth-order valence-corrected chi connectivity index (χ4v) is 8.95. The lowest BCUT2D eigenvalue weighted by Gasteiger charge is -2.31. The summed E-state index contributed by atoms with van der Waals surface area (Å²) in [5.74, 6) is 2.32. The van der Waals surface area contributed by atoms with E-state index in [2.05, 4.69) is 117 Å². The number of ketones is 1. The molecule has 486 valence electrons. The molecule has 0 radical (unpaired) electrons. The van der Waals surface area contributed by atoms with Crippen LogP contribution in [0.5, 0.6) is 0 Å². The Morgan fingerprint density at radius 1 is 0.604 bits per heavy atom. The van der Waals surface area contributed by atoms with Gasteiger partial charge in [0.15, 0.2) is 11.3 Å². The first-order valence-corrected chi connectivity index (χ1v) is 29.8. The Morgan fingerprint density at radius 3 is 1.74 bits per heavy atom. The lowest BCUT2D eigenvalue weighted by atomic mass is 10.1. The van der Waals surface area contributed by atoms with E-state index in [1.807, 2.05) is 133 Å². The molecule has 4 aliphatic rings. The number of aromatic nitrogens is 7. The second kappa shape index (κ2) is 33.4. The van der Waals surface area contributed by atoms with Gasteiger partial charge in [-0.2, -0.15) is 0 Å². The van der Waals surface area contributed by atoms with Crippen LogP contribution in [0, 0.1) is 5.92 Å². The second-order valence-corrected chi connectivity index (χ2v) is 23.3. The van der Waals surface area contributed by atoms with Gasteiger partial charge in [-0.1, -0.05) is 71.4 Å². The topological polar surface area (TPSA) is 271 Å². The number of aromatic amines is 1.